The number of nitrogens with zero attached hydrogens (tertiary/aromatic N) is 1. The molecule has 17 heavy (non-hydrogen) atoms. The minimum Gasteiger partial charge on any atom is -0.310 e. The second-order valence-electron chi connectivity index (χ2n) is 4.91. The van der Waals surface area contributed by atoms with Crippen LogP contribution in [-0.2, 0) is 0 Å². The van der Waals surface area contributed by atoms with Crippen LogP contribution in [0.2, 0.25) is 0 Å². The first-order chi connectivity index (χ1) is 8.31. The van der Waals surface area contributed by atoms with Crippen LogP contribution >= 0.6 is 15.9 Å². The van der Waals surface area contributed by atoms with Gasteiger partial charge in [0.05, 0.1) is 0 Å². The maximum atomic E-state index is 4.30. The van der Waals surface area contributed by atoms with Gasteiger partial charge in [0.2, 0.25) is 0 Å². The molecule has 2 nitrogen and oxygen atoms in total. The van der Waals surface area contributed by atoms with E-state index >= 15 is 0 Å². The molecular formula is C14H21BrN2. The standard InChI is InChI=1S/C14H21BrN2/c1-2-7-17-14(11-5-3-4-6-11)12-8-13(15)10-16-9-12/h8-11,14,17H,2-7H2,1H3. The Morgan fingerprint density at radius 2 is 2.18 bits per heavy atom. The fourth-order valence-corrected chi connectivity index (χ4v) is 3.13. The van der Waals surface area contributed by atoms with E-state index in [2.05, 4.69) is 39.2 Å². The van der Waals surface area contributed by atoms with Gasteiger partial charge in [0.15, 0.2) is 0 Å². The van der Waals surface area contributed by atoms with Gasteiger partial charge in [-0.15, -0.1) is 0 Å². The summed E-state index contributed by atoms with van der Waals surface area (Å²) in [7, 11) is 0. The van der Waals surface area contributed by atoms with Crippen LogP contribution in [-0.4, -0.2) is 11.5 Å². The molecule has 94 valence electrons. The molecule has 1 fully saturated rings. The van der Waals surface area contributed by atoms with E-state index in [1.165, 1.54) is 37.7 Å². The molecular weight excluding hydrogens is 276 g/mol. The number of hydrogen-bond acceptors (Lipinski definition) is 2. The van der Waals surface area contributed by atoms with Crippen molar-refractivity contribution in [3.63, 3.8) is 0 Å². The monoisotopic (exact) mass is 296 g/mol. The summed E-state index contributed by atoms with van der Waals surface area (Å²) in [6, 6.07) is 2.70. The van der Waals surface area contributed by atoms with Crippen LogP contribution in [0.15, 0.2) is 22.9 Å². The van der Waals surface area contributed by atoms with E-state index in [9.17, 15) is 0 Å². The lowest BCUT2D eigenvalue weighted by molar-refractivity contribution is 0.367. The molecule has 1 aliphatic rings. The van der Waals surface area contributed by atoms with E-state index < -0.39 is 0 Å². The second kappa shape index (κ2) is 6.50. The molecule has 1 unspecified atom stereocenters. The van der Waals surface area contributed by atoms with E-state index in [0.717, 1.165) is 16.9 Å². The van der Waals surface area contributed by atoms with Crippen molar-refractivity contribution in [2.24, 2.45) is 5.92 Å². The van der Waals surface area contributed by atoms with Crippen LogP contribution in [0.5, 0.6) is 0 Å². The van der Waals surface area contributed by atoms with Gasteiger partial charge in [-0.1, -0.05) is 19.8 Å². The first kappa shape index (κ1) is 13.0. The van der Waals surface area contributed by atoms with Gasteiger partial charge < -0.3 is 5.32 Å². The lowest BCUT2D eigenvalue weighted by Gasteiger charge is -2.25. The molecule has 1 aromatic heterocycles. The highest BCUT2D eigenvalue weighted by Crippen LogP contribution is 2.36. The summed E-state index contributed by atoms with van der Waals surface area (Å²) in [5.41, 5.74) is 1.33. The zero-order valence-electron chi connectivity index (χ0n) is 10.5. The third kappa shape index (κ3) is 3.52. The van der Waals surface area contributed by atoms with Crippen LogP contribution in [0, 0.1) is 5.92 Å². The molecule has 1 atom stereocenters. The van der Waals surface area contributed by atoms with Crippen molar-refractivity contribution in [1.82, 2.24) is 10.3 Å². The van der Waals surface area contributed by atoms with Gasteiger partial charge in [0.1, 0.15) is 0 Å². The molecule has 0 saturated heterocycles. The maximum Gasteiger partial charge on any atom is 0.0410 e. The summed E-state index contributed by atoms with van der Waals surface area (Å²) in [5.74, 6) is 0.789. The highest BCUT2D eigenvalue weighted by Gasteiger charge is 2.25. The topological polar surface area (TPSA) is 24.9 Å². The Hall–Kier alpha value is -0.410. The number of halogens is 1. The summed E-state index contributed by atoms with van der Waals surface area (Å²) < 4.78 is 1.08. The lowest BCUT2D eigenvalue weighted by atomic mass is 9.92. The molecule has 1 heterocycles. The van der Waals surface area contributed by atoms with E-state index in [1.807, 2.05) is 12.4 Å². The minimum absolute atomic E-state index is 0.488. The summed E-state index contributed by atoms with van der Waals surface area (Å²) in [6.45, 7) is 3.31. The van der Waals surface area contributed by atoms with Gasteiger partial charge in [0, 0.05) is 22.9 Å². The third-order valence-corrected chi connectivity index (χ3v) is 4.00. The van der Waals surface area contributed by atoms with Crippen LogP contribution in [0.1, 0.15) is 50.6 Å². The van der Waals surface area contributed by atoms with Crippen LogP contribution in [0.3, 0.4) is 0 Å². The van der Waals surface area contributed by atoms with E-state index in [4.69, 9.17) is 0 Å². The molecule has 1 saturated carbocycles. The van der Waals surface area contributed by atoms with E-state index in [-0.39, 0.29) is 0 Å². The quantitative estimate of drug-likeness (QED) is 0.886. The Labute approximate surface area is 112 Å². The first-order valence-electron chi connectivity index (χ1n) is 6.65. The number of nitrogens with one attached hydrogen (secondary N) is 1. The zero-order chi connectivity index (χ0) is 12.1. The number of aromatic nitrogens is 1. The Morgan fingerprint density at radius 1 is 1.41 bits per heavy atom. The van der Waals surface area contributed by atoms with Crippen molar-refractivity contribution in [2.75, 3.05) is 6.54 Å². The SMILES string of the molecule is CCCNC(c1cncc(Br)c1)C1CCCC1. The van der Waals surface area contributed by atoms with Gasteiger partial charge in [-0.3, -0.25) is 4.98 Å². The van der Waals surface area contributed by atoms with Crippen LogP contribution in [0.4, 0.5) is 0 Å². The largest absolute Gasteiger partial charge is 0.310 e. The average molecular weight is 297 g/mol. The zero-order valence-corrected chi connectivity index (χ0v) is 12.0. The molecule has 0 radical (unpaired) electrons. The summed E-state index contributed by atoms with van der Waals surface area (Å²) in [5, 5.41) is 3.69. The van der Waals surface area contributed by atoms with Gasteiger partial charge in [-0.25, -0.2) is 0 Å². The normalized spacial score (nSPS) is 18.5. The Bertz CT molecular complexity index is 348. The van der Waals surface area contributed by atoms with E-state index in [1.54, 1.807) is 0 Å². The second-order valence-corrected chi connectivity index (χ2v) is 5.83. The molecule has 0 aliphatic heterocycles. The van der Waals surface area contributed by atoms with Gasteiger partial charge in [-0.05, 0) is 59.3 Å². The molecule has 0 amide bonds. The third-order valence-electron chi connectivity index (χ3n) is 3.57. The van der Waals surface area contributed by atoms with Gasteiger partial charge >= 0.3 is 0 Å². The van der Waals surface area contributed by atoms with Crippen LogP contribution in [0.25, 0.3) is 0 Å². The highest BCUT2D eigenvalue weighted by atomic mass is 79.9. The predicted octanol–water partition coefficient (Wildman–Crippen LogP) is 4.08. The van der Waals surface area contributed by atoms with Crippen molar-refractivity contribution < 1.29 is 0 Å². The molecule has 0 bridgehead atoms. The molecule has 1 aromatic rings. The molecule has 2 rings (SSSR count). The van der Waals surface area contributed by atoms with Gasteiger partial charge in [-0.2, -0.15) is 0 Å². The number of hydrogen-bond donors (Lipinski definition) is 1. The Morgan fingerprint density at radius 3 is 2.82 bits per heavy atom. The Balaban J connectivity index is 2.13. The minimum atomic E-state index is 0.488. The highest BCUT2D eigenvalue weighted by molar-refractivity contribution is 9.10. The predicted molar refractivity (Wildman–Crippen MR) is 74.9 cm³/mol. The number of rotatable bonds is 5. The van der Waals surface area contributed by atoms with E-state index in [0.29, 0.717) is 6.04 Å². The Kier molecular flexibility index (Phi) is 4.99. The number of pyridine rings is 1. The fraction of sp³-hybridized carbons (Fsp3) is 0.643. The van der Waals surface area contributed by atoms with Crippen molar-refractivity contribution >= 4 is 15.9 Å². The molecule has 3 heteroatoms. The van der Waals surface area contributed by atoms with Crippen LogP contribution < -0.4 is 5.32 Å². The van der Waals surface area contributed by atoms with Crippen molar-refractivity contribution in [1.29, 1.82) is 0 Å². The average Bonchev–Trinajstić information content (AvgIpc) is 2.83. The smallest absolute Gasteiger partial charge is 0.0410 e. The maximum absolute atomic E-state index is 4.30. The lowest BCUT2D eigenvalue weighted by Crippen LogP contribution is -2.28. The summed E-state index contributed by atoms with van der Waals surface area (Å²) in [6.07, 6.45) is 10.5. The summed E-state index contributed by atoms with van der Waals surface area (Å²) >= 11 is 3.52. The van der Waals surface area contributed by atoms with Crippen molar-refractivity contribution in [2.45, 2.75) is 45.1 Å². The molecule has 0 aromatic carbocycles. The molecule has 1 aliphatic carbocycles. The fourth-order valence-electron chi connectivity index (χ4n) is 2.75. The van der Waals surface area contributed by atoms with Crippen molar-refractivity contribution in [3.8, 4) is 0 Å². The molecule has 1 N–H and O–H groups in total. The van der Waals surface area contributed by atoms with Gasteiger partial charge in [0.25, 0.3) is 0 Å². The molecule has 0 spiro atoms. The summed E-state index contributed by atoms with van der Waals surface area (Å²) in [4.78, 5) is 4.30. The first-order valence-corrected chi connectivity index (χ1v) is 7.44. The van der Waals surface area contributed by atoms with Crippen molar-refractivity contribution in [3.05, 3.63) is 28.5 Å².